The summed E-state index contributed by atoms with van der Waals surface area (Å²) in [6.45, 7) is 1.39. The molecule has 1 aromatic carbocycles. The van der Waals surface area contributed by atoms with E-state index in [1.165, 1.54) is 24.3 Å². The van der Waals surface area contributed by atoms with E-state index in [1.807, 2.05) is 0 Å². The van der Waals surface area contributed by atoms with E-state index in [9.17, 15) is 14.0 Å². The molecule has 1 unspecified atom stereocenters. The van der Waals surface area contributed by atoms with E-state index >= 15 is 0 Å². The van der Waals surface area contributed by atoms with Gasteiger partial charge in [0, 0.05) is 6.04 Å². The van der Waals surface area contributed by atoms with Crippen LogP contribution in [0.4, 0.5) is 4.39 Å². The lowest BCUT2D eigenvalue weighted by Crippen LogP contribution is -2.37. The molecule has 1 atom stereocenters. The largest absolute Gasteiger partial charge is 0.394 e. The number of amides is 1. The third-order valence-corrected chi connectivity index (χ3v) is 2.70. The molecule has 100 valence electrons. The minimum Gasteiger partial charge on any atom is -0.394 e. The number of H-pyrrole nitrogens is 1. The topological polar surface area (TPSA) is 82.2 Å². The second-order valence-corrected chi connectivity index (χ2v) is 4.30. The first-order chi connectivity index (χ1) is 9.01. The molecule has 3 N–H and O–H groups in total. The van der Waals surface area contributed by atoms with Gasteiger partial charge in [0.1, 0.15) is 11.4 Å². The van der Waals surface area contributed by atoms with E-state index in [4.69, 9.17) is 5.11 Å². The van der Waals surface area contributed by atoms with Crippen molar-refractivity contribution < 1.29 is 14.3 Å². The number of hydrogen-bond acceptors (Lipinski definition) is 3. The second-order valence-electron chi connectivity index (χ2n) is 4.30. The highest BCUT2D eigenvalue weighted by atomic mass is 19.1. The number of pyridine rings is 1. The molecular formula is C13H13FN2O3. The number of carbonyl (C=O) groups is 1. The fourth-order valence-electron chi connectivity index (χ4n) is 1.69. The molecule has 6 heteroatoms. The third-order valence-electron chi connectivity index (χ3n) is 2.70. The number of aromatic amines is 1. The van der Waals surface area contributed by atoms with E-state index in [1.54, 1.807) is 6.92 Å². The van der Waals surface area contributed by atoms with Crippen LogP contribution in [0.3, 0.4) is 0 Å². The van der Waals surface area contributed by atoms with Crippen molar-refractivity contribution in [2.75, 3.05) is 6.61 Å². The number of aliphatic hydroxyl groups is 1. The van der Waals surface area contributed by atoms with Gasteiger partial charge in [-0.3, -0.25) is 9.59 Å². The monoisotopic (exact) mass is 264 g/mol. The van der Waals surface area contributed by atoms with Crippen LogP contribution >= 0.6 is 0 Å². The lowest BCUT2D eigenvalue weighted by atomic mass is 10.1. The zero-order chi connectivity index (χ0) is 14.0. The summed E-state index contributed by atoms with van der Waals surface area (Å²) in [5.41, 5.74) is -0.336. The summed E-state index contributed by atoms with van der Waals surface area (Å²) < 4.78 is 13.0. The van der Waals surface area contributed by atoms with Crippen molar-refractivity contribution in [3.8, 4) is 0 Å². The Bertz CT molecular complexity index is 681. The molecule has 0 saturated carbocycles. The molecule has 0 radical (unpaired) electrons. The van der Waals surface area contributed by atoms with E-state index in [0.717, 1.165) is 0 Å². The SMILES string of the molecule is CC(CO)NC(=O)c1cc2ccc(F)cc2[nH]c1=O. The van der Waals surface area contributed by atoms with Gasteiger partial charge in [-0.2, -0.15) is 0 Å². The van der Waals surface area contributed by atoms with Crippen LogP contribution in [0.1, 0.15) is 17.3 Å². The number of carbonyl (C=O) groups excluding carboxylic acids is 1. The highest BCUT2D eigenvalue weighted by molar-refractivity contribution is 5.97. The average Bonchev–Trinajstić information content (AvgIpc) is 2.37. The van der Waals surface area contributed by atoms with Gasteiger partial charge in [-0.1, -0.05) is 0 Å². The zero-order valence-corrected chi connectivity index (χ0v) is 10.2. The van der Waals surface area contributed by atoms with E-state index < -0.39 is 23.3 Å². The summed E-state index contributed by atoms with van der Waals surface area (Å²) in [5.74, 6) is -1.04. The van der Waals surface area contributed by atoms with Gasteiger partial charge in [-0.25, -0.2) is 4.39 Å². The molecule has 0 aliphatic heterocycles. The third kappa shape index (κ3) is 2.79. The summed E-state index contributed by atoms with van der Waals surface area (Å²) in [6.07, 6.45) is 0. The van der Waals surface area contributed by atoms with Crippen LogP contribution < -0.4 is 10.9 Å². The quantitative estimate of drug-likeness (QED) is 0.766. The first-order valence-electron chi connectivity index (χ1n) is 5.75. The minimum absolute atomic E-state index is 0.0700. The summed E-state index contributed by atoms with van der Waals surface area (Å²) in [7, 11) is 0. The first-order valence-corrected chi connectivity index (χ1v) is 5.75. The van der Waals surface area contributed by atoms with Crippen LogP contribution in [0.2, 0.25) is 0 Å². The lowest BCUT2D eigenvalue weighted by molar-refractivity contribution is 0.0921. The Morgan fingerprint density at radius 2 is 2.21 bits per heavy atom. The molecule has 0 bridgehead atoms. The van der Waals surface area contributed by atoms with Crippen LogP contribution in [0.5, 0.6) is 0 Å². The van der Waals surface area contributed by atoms with Gasteiger partial charge in [0.25, 0.3) is 11.5 Å². The molecule has 0 aliphatic rings. The fraction of sp³-hybridized carbons (Fsp3) is 0.231. The maximum atomic E-state index is 13.0. The Morgan fingerprint density at radius 3 is 2.89 bits per heavy atom. The zero-order valence-electron chi connectivity index (χ0n) is 10.2. The Hall–Kier alpha value is -2.21. The van der Waals surface area contributed by atoms with Crippen molar-refractivity contribution in [2.24, 2.45) is 0 Å². The van der Waals surface area contributed by atoms with Crippen LogP contribution in [-0.2, 0) is 0 Å². The Labute approximate surface area is 108 Å². The highest BCUT2D eigenvalue weighted by Crippen LogP contribution is 2.12. The Morgan fingerprint density at radius 1 is 1.47 bits per heavy atom. The maximum absolute atomic E-state index is 13.0. The van der Waals surface area contributed by atoms with Crippen molar-refractivity contribution in [1.82, 2.24) is 10.3 Å². The molecule has 0 fully saturated rings. The summed E-state index contributed by atoms with van der Waals surface area (Å²) >= 11 is 0. The van der Waals surface area contributed by atoms with Crippen molar-refractivity contribution in [3.63, 3.8) is 0 Å². The molecule has 5 nitrogen and oxygen atoms in total. The van der Waals surface area contributed by atoms with Gasteiger partial charge in [-0.05, 0) is 36.6 Å². The normalized spacial score (nSPS) is 12.4. The molecule has 19 heavy (non-hydrogen) atoms. The highest BCUT2D eigenvalue weighted by Gasteiger charge is 2.14. The van der Waals surface area contributed by atoms with E-state index in [2.05, 4.69) is 10.3 Å². The lowest BCUT2D eigenvalue weighted by Gasteiger charge is -2.10. The molecule has 1 aromatic heterocycles. The molecule has 0 spiro atoms. The molecule has 0 saturated heterocycles. The number of benzene rings is 1. The van der Waals surface area contributed by atoms with Gasteiger partial charge in [0.2, 0.25) is 0 Å². The van der Waals surface area contributed by atoms with Gasteiger partial charge in [0.15, 0.2) is 0 Å². The van der Waals surface area contributed by atoms with Gasteiger partial charge in [-0.15, -0.1) is 0 Å². The van der Waals surface area contributed by atoms with Crippen LogP contribution in [0.25, 0.3) is 10.9 Å². The van der Waals surface area contributed by atoms with Crippen molar-refractivity contribution in [2.45, 2.75) is 13.0 Å². The molecule has 2 rings (SSSR count). The van der Waals surface area contributed by atoms with Crippen molar-refractivity contribution >= 4 is 16.8 Å². The number of halogens is 1. The molecular weight excluding hydrogens is 251 g/mol. The predicted molar refractivity (Wildman–Crippen MR) is 68.5 cm³/mol. The number of aliphatic hydroxyl groups excluding tert-OH is 1. The minimum atomic E-state index is -0.597. The number of hydrogen-bond donors (Lipinski definition) is 3. The van der Waals surface area contributed by atoms with Crippen LogP contribution in [0.15, 0.2) is 29.1 Å². The Balaban J connectivity index is 2.44. The number of nitrogens with one attached hydrogen (secondary N) is 2. The van der Waals surface area contributed by atoms with Gasteiger partial charge in [0.05, 0.1) is 12.1 Å². The molecule has 2 aromatic rings. The van der Waals surface area contributed by atoms with Crippen molar-refractivity contribution in [1.29, 1.82) is 0 Å². The first kappa shape index (κ1) is 13.2. The van der Waals surface area contributed by atoms with E-state index in [0.29, 0.717) is 10.9 Å². The maximum Gasteiger partial charge on any atom is 0.261 e. The molecule has 1 heterocycles. The second kappa shape index (κ2) is 5.19. The Kier molecular flexibility index (Phi) is 3.62. The molecule has 1 amide bonds. The average molecular weight is 264 g/mol. The number of rotatable bonds is 3. The summed E-state index contributed by atoms with van der Waals surface area (Å²) in [5, 5.41) is 11.9. The number of aromatic nitrogens is 1. The van der Waals surface area contributed by atoms with Gasteiger partial charge < -0.3 is 15.4 Å². The number of fused-ring (bicyclic) bond motifs is 1. The van der Waals surface area contributed by atoms with Crippen LogP contribution in [0, 0.1) is 5.82 Å². The van der Waals surface area contributed by atoms with Crippen LogP contribution in [-0.4, -0.2) is 28.6 Å². The summed E-state index contributed by atoms with van der Waals surface area (Å²) in [6, 6.07) is 4.86. The van der Waals surface area contributed by atoms with E-state index in [-0.39, 0.29) is 12.2 Å². The van der Waals surface area contributed by atoms with Crippen molar-refractivity contribution in [3.05, 3.63) is 46.0 Å². The smallest absolute Gasteiger partial charge is 0.261 e. The standard InChI is InChI=1S/C13H13FN2O3/c1-7(6-17)15-12(18)10-4-8-2-3-9(14)5-11(8)16-13(10)19/h2-5,7,17H,6H2,1H3,(H,15,18)(H,16,19). The molecule has 0 aliphatic carbocycles. The predicted octanol–water partition coefficient (Wildman–Crippen LogP) is 0.778. The van der Waals surface area contributed by atoms with Gasteiger partial charge >= 0.3 is 0 Å². The fourth-order valence-corrected chi connectivity index (χ4v) is 1.69. The summed E-state index contributed by atoms with van der Waals surface area (Å²) in [4.78, 5) is 26.0.